The number of aromatic amines is 1. The first kappa shape index (κ1) is 14.8. The lowest BCUT2D eigenvalue weighted by molar-refractivity contribution is 0.628. The van der Waals surface area contributed by atoms with Gasteiger partial charge in [0.25, 0.3) is 0 Å². The average Bonchev–Trinajstić information content (AvgIpc) is 3.26. The van der Waals surface area contributed by atoms with Crippen LogP contribution in [0, 0.1) is 5.82 Å². The third kappa shape index (κ3) is 2.19. The van der Waals surface area contributed by atoms with Crippen molar-refractivity contribution in [2.45, 2.75) is 0 Å². The molecule has 2 aliphatic rings. The molecule has 1 N–H and O–H groups in total. The van der Waals surface area contributed by atoms with Crippen molar-refractivity contribution >= 4 is 18.0 Å². The van der Waals surface area contributed by atoms with Crippen LogP contribution >= 0.6 is 0 Å². The van der Waals surface area contributed by atoms with Crippen LogP contribution in [0.5, 0.6) is 0 Å². The van der Waals surface area contributed by atoms with Gasteiger partial charge in [-0.05, 0) is 18.2 Å². The zero-order chi connectivity index (χ0) is 17.7. The molecule has 0 saturated heterocycles. The van der Waals surface area contributed by atoms with Gasteiger partial charge in [0.15, 0.2) is 17.3 Å². The van der Waals surface area contributed by atoms with Gasteiger partial charge in [0.05, 0.1) is 18.6 Å². The Morgan fingerprint density at radius 2 is 2.12 bits per heavy atom. The summed E-state index contributed by atoms with van der Waals surface area (Å²) in [6.45, 7) is 1.45. The maximum atomic E-state index is 13.8. The Balaban J connectivity index is 1.80. The second-order valence-electron chi connectivity index (χ2n) is 6.01. The van der Waals surface area contributed by atoms with Gasteiger partial charge in [-0.2, -0.15) is 0 Å². The van der Waals surface area contributed by atoms with Gasteiger partial charge in [-0.3, -0.25) is 14.4 Å². The smallest absolute Gasteiger partial charge is 0.248 e. The fourth-order valence-electron chi connectivity index (χ4n) is 3.20. The van der Waals surface area contributed by atoms with Gasteiger partial charge in [0.1, 0.15) is 11.6 Å². The van der Waals surface area contributed by atoms with Crippen LogP contribution in [0.1, 0.15) is 5.69 Å². The summed E-state index contributed by atoms with van der Waals surface area (Å²) < 4.78 is 15.6. The number of aromatic nitrogens is 3. The normalized spacial score (nSPS) is 15.0. The number of rotatable bonds is 2. The van der Waals surface area contributed by atoms with Gasteiger partial charge < -0.3 is 9.88 Å². The van der Waals surface area contributed by atoms with Gasteiger partial charge in [-0.1, -0.05) is 12.1 Å². The Hall–Kier alpha value is -3.55. The molecule has 0 bridgehead atoms. The maximum Gasteiger partial charge on any atom is 0.248 e. The van der Waals surface area contributed by atoms with Crippen LogP contribution in [0.2, 0.25) is 0 Å². The number of aliphatic imine (C=N–C) groups is 2. The summed E-state index contributed by atoms with van der Waals surface area (Å²) in [6.07, 6.45) is 3.32. The first-order chi connectivity index (χ1) is 12.7. The number of hydrogen-bond donors (Lipinski definition) is 1. The molecular weight excluding hydrogens is 335 g/mol. The maximum absolute atomic E-state index is 13.8. The van der Waals surface area contributed by atoms with E-state index in [1.165, 1.54) is 18.2 Å². The Morgan fingerprint density at radius 1 is 1.19 bits per heavy atom. The van der Waals surface area contributed by atoms with E-state index in [1.54, 1.807) is 35.3 Å². The first-order valence-electron chi connectivity index (χ1n) is 8.14. The predicted octanol–water partition coefficient (Wildman–Crippen LogP) is 2.10. The molecule has 0 radical (unpaired) electrons. The number of fused-ring (bicyclic) bond motifs is 3. The lowest BCUT2D eigenvalue weighted by Crippen LogP contribution is -2.29. The molecule has 1 aromatic carbocycles. The molecule has 0 unspecified atom stereocenters. The van der Waals surface area contributed by atoms with Crippen LogP contribution < -0.4 is 5.56 Å². The molecule has 0 aliphatic carbocycles. The number of halogens is 1. The van der Waals surface area contributed by atoms with E-state index in [0.717, 1.165) is 12.4 Å². The Labute approximate surface area is 147 Å². The van der Waals surface area contributed by atoms with E-state index in [9.17, 15) is 9.18 Å². The minimum atomic E-state index is -0.347. The van der Waals surface area contributed by atoms with Crippen molar-refractivity contribution in [2.24, 2.45) is 9.98 Å². The molecule has 5 rings (SSSR count). The van der Waals surface area contributed by atoms with Gasteiger partial charge in [-0.15, -0.1) is 0 Å². The highest BCUT2D eigenvalue weighted by Crippen LogP contribution is 2.34. The summed E-state index contributed by atoms with van der Waals surface area (Å²) in [4.78, 5) is 29.8. The zero-order valence-electron chi connectivity index (χ0n) is 13.6. The summed E-state index contributed by atoms with van der Waals surface area (Å²) in [5.41, 5.74) is 1.74. The molecule has 3 aromatic rings. The highest BCUT2D eigenvalue weighted by molar-refractivity contribution is 6.10. The SMILES string of the molecule is O=c1ccc(-n2c(-c3cccc(F)c3)nc3c2N=CN2CCN=C32)c[nH]1. The summed E-state index contributed by atoms with van der Waals surface area (Å²) in [5, 5.41) is 0. The van der Waals surface area contributed by atoms with Gasteiger partial charge >= 0.3 is 0 Å². The molecule has 0 atom stereocenters. The molecule has 2 aliphatic heterocycles. The third-order valence-corrected chi connectivity index (χ3v) is 4.37. The number of nitrogens with one attached hydrogen (secondary N) is 1. The molecule has 0 amide bonds. The molecule has 4 heterocycles. The molecule has 0 saturated carbocycles. The lowest BCUT2D eigenvalue weighted by Gasteiger charge is -2.18. The van der Waals surface area contributed by atoms with Gasteiger partial charge in [0, 0.05) is 24.4 Å². The van der Waals surface area contributed by atoms with Crippen LogP contribution in [0.25, 0.3) is 17.1 Å². The standard InChI is InChI=1S/C18H13FN6O/c19-12-3-1-2-11(8-12)16-23-15-17-20-6-7-24(17)10-22-18(15)25(16)13-4-5-14(26)21-9-13/h1-5,8-10H,6-7H2,(H,21,26). The molecule has 2 aromatic heterocycles. The summed E-state index contributed by atoms with van der Waals surface area (Å²) in [5.74, 6) is 1.55. The number of hydrogen-bond acceptors (Lipinski definition) is 5. The number of nitrogens with zero attached hydrogens (tertiary/aromatic N) is 5. The Kier molecular flexibility index (Phi) is 3.11. The number of benzene rings is 1. The van der Waals surface area contributed by atoms with Gasteiger partial charge in [0.2, 0.25) is 5.56 Å². The molecule has 0 spiro atoms. The van der Waals surface area contributed by atoms with Crippen molar-refractivity contribution in [2.75, 3.05) is 13.1 Å². The number of H-pyrrole nitrogens is 1. The first-order valence-corrected chi connectivity index (χ1v) is 8.14. The van der Waals surface area contributed by atoms with Crippen LogP contribution in [-0.4, -0.2) is 44.7 Å². The summed E-state index contributed by atoms with van der Waals surface area (Å²) in [6, 6.07) is 9.35. The lowest BCUT2D eigenvalue weighted by atomic mass is 10.2. The number of imidazole rings is 1. The fraction of sp³-hybridized carbons (Fsp3) is 0.111. The molecule has 26 heavy (non-hydrogen) atoms. The largest absolute Gasteiger partial charge is 0.327 e. The molecule has 0 fully saturated rings. The molecule has 128 valence electrons. The van der Waals surface area contributed by atoms with E-state index in [0.29, 0.717) is 35.1 Å². The van der Waals surface area contributed by atoms with E-state index in [-0.39, 0.29) is 11.4 Å². The van der Waals surface area contributed by atoms with Crippen molar-refractivity contribution in [1.29, 1.82) is 0 Å². The monoisotopic (exact) mass is 348 g/mol. The molecular formula is C18H13FN6O. The highest BCUT2D eigenvalue weighted by Gasteiger charge is 2.30. The second-order valence-corrected chi connectivity index (χ2v) is 6.01. The van der Waals surface area contributed by atoms with Crippen molar-refractivity contribution in [3.63, 3.8) is 0 Å². The topological polar surface area (TPSA) is 78.6 Å². The second kappa shape index (κ2) is 5.48. The van der Waals surface area contributed by atoms with Crippen molar-refractivity contribution in [3.8, 4) is 17.1 Å². The molecule has 8 heteroatoms. The third-order valence-electron chi connectivity index (χ3n) is 4.37. The fourth-order valence-corrected chi connectivity index (χ4v) is 3.20. The van der Waals surface area contributed by atoms with E-state index < -0.39 is 0 Å². The van der Waals surface area contributed by atoms with Crippen LogP contribution in [0.4, 0.5) is 10.2 Å². The van der Waals surface area contributed by atoms with Crippen molar-refractivity contribution < 1.29 is 4.39 Å². The Bertz CT molecular complexity index is 1120. The summed E-state index contributed by atoms with van der Waals surface area (Å²) in [7, 11) is 0. The quantitative estimate of drug-likeness (QED) is 0.770. The Morgan fingerprint density at radius 3 is 2.92 bits per heavy atom. The van der Waals surface area contributed by atoms with E-state index in [4.69, 9.17) is 4.98 Å². The average molecular weight is 348 g/mol. The molecule has 7 nitrogen and oxygen atoms in total. The number of amidine groups is 1. The highest BCUT2D eigenvalue weighted by atomic mass is 19.1. The minimum Gasteiger partial charge on any atom is -0.327 e. The van der Waals surface area contributed by atoms with Crippen molar-refractivity contribution in [1.82, 2.24) is 19.4 Å². The zero-order valence-corrected chi connectivity index (χ0v) is 13.6. The summed E-state index contributed by atoms with van der Waals surface area (Å²) >= 11 is 0. The van der Waals surface area contributed by atoms with Crippen LogP contribution in [0.15, 0.2) is 57.4 Å². The van der Waals surface area contributed by atoms with E-state index >= 15 is 0 Å². The van der Waals surface area contributed by atoms with E-state index in [2.05, 4.69) is 15.0 Å². The van der Waals surface area contributed by atoms with E-state index in [1.807, 2.05) is 4.90 Å². The van der Waals surface area contributed by atoms with Crippen LogP contribution in [0.3, 0.4) is 0 Å². The minimum absolute atomic E-state index is 0.204. The van der Waals surface area contributed by atoms with Crippen LogP contribution in [-0.2, 0) is 0 Å². The van der Waals surface area contributed by atoms with Gasteiger partial charge in [-0.25, -0.2) is 14.4 Å². The number of pyridine rings is 1. The predicted molar refractivity (Wildman–Crippen MR) is 95.8 cm³/mol. The van der Waals surface area contributed by atoms with Crippen molar-refractivity contribution in [3.05, 3.63) is 64.5 Å².